The van der Waals surface area contributed by atoms with Gasteiger partial charge in [0.15, 0.2) is 5.96 Å². The summed E-state index contributed by atoms with van der Waals surface area (Å²) in [6.45, 7) is 19.8. The first-order valence-electron chi connectivity index (χ1n) is 22.7. The van der Waals surface area contributed by atoms with Crippen LogP contribution in [0.4, 0.5) is 13.2 Å². The van der Waals surface area contributed by atoms with Crippen molar-refractivity contribution in [2.75, 3.05) is 39.3 Å². The van der Waals surface area contributed by atoms with Crippen LogP contribution in [0.2, 0.25) is 0 Å². The molecule has 0 bridgehead atoms. The molecular formula is C46H74F3N13O6. The van der Waals surface area contributed by atoms with Gasteiger partial charge < -0.3 is 75.7 Å². The largest absolute Gasteiger partial charge is 0.506 e. The Balaban J connectivity index is 2.39. The number of amides is 4. The van der Waals surface area contributed by atoms with Crippen molar-refractivity contribution < 1.29 is 42.6 Å². The number of nitrogens with two attached hydrogens (primary N) is 5. The number of unbranched alkanes of at least 4 members (excludes halogenated alkanes) is 1. The van der Waals surface area contributed by atoms with Crippen LogP contribution in [0.25, 0.3) is 0 Å². The van der Waals surface area contributed by atoms with Gasteiger partial charge in [-0.2, -0.15) is 13.2 Å². The highest BCUT2D eigenvalue weighted by atomic mass is 19.4. The van der Waals surface area contributed by atoms with Gasteiger partial charge in [-0.05, 0) is 89.4 Å². The van der Waals surface area contributed by atoms with Gasteiger partial charge in [-0.3, -0.25) is 24.2 Å². The molecule has 0 radical (unpaired) electrons. The topological polar surface area (TPSA) is 327 Å². The molecule has 0 spiro atoms. The average Bonchev–Trinajstić information content (AvgIpc) is 3.79. The number of hydrogen-bond donors (Lipinski definition) is 13. The summed E-state index contributed by atoms with van der Waals surface area (Å²) in [5.74, 6) is -3.45. The van der Waals surface area contributed by atoms with Gasteiger partial charge in [0, 0.05) is 36.7 Å². The van der Waals surface area contributed by atoms with Crippen molar-refractivity contribution in [3.63, 3.8) is 0 Å². The zero-order chi connectivity index (χ0) is 51.1. The van der Waals surface area contributed by atoms with Crippen LogP contribution < -0.4 is 60.6 Å². The van der Waals surface area contributed by atoms with Crippen molar-refractivity contribution in [3.8, 4) is 0 Å². The van der Waals surface area contributed by atoms with Crippen molar-refractivity contribution in [1.29, 1.82) is 0 Å². The van der Waals surface area contributed by atoms with E-state index in [0.29, 0.717) is 69.6 Å². The van der Waals surface area contributed by atoms with Crippen molar-refractivity contribution in [2.45, 2.75) is 114 Å². The lowest BCUT2D eigenvalue weighted by Gasteiger charge is -2.34. The first kappa shape index (κ1) is 58.0. The Labute approximate surface area is 397 Å². The van der Waals surface area contributed by atoms with E-state index in [9.17, 15) is 42.6 Å². The van der Waals surface area contributed by atoms with Crippen LogP contribution in [-0.2, 0) is 31.8 Å². The number of carbonyl (C=O) groups is 4. The number of aliphatic hydroxyl groups is 2. The highest BCUT2D eigenvalue weighted by Gasteiger charge is 2.38. The van der Waals surface area contributed by atoms with E-state index in [0.717, 1.165) is 6.07 Å². The van der Waals surface area contributed by atoms with Crippen LogP contribution in [0.5, 0.6) is 0 Å². The van der Waals surface area contributed by atoms with Gasteiger partial charge in [-0.15, -0.1) is 0 Å². The van der Waals surface area contributed by atoms with Gasteiger partial charge >= 0.3 is 6.18 Å². The van der Waals surface area contributed by atoms with Gasteiger partial charge in [-0.1, -0.05) is 57.5 Å². The maximum atomic E-state index is 14.4. The normalized spacial score (nSPS) is 16.5. The van der Waals surface area contributed by atoms with Crippen molar-refractivity contribution >= 4 is 29.6 Å². The number of hydrogen-bond acceptors (Lipinski definition) is 13. The number of aliphatic hydroxyl groups excluding tert-OH is 2. The highest BCUT2D eigenvalue weighted by molar-refractivity contribution is 5.85. The molecule has 1 aromatic rings. The minimum absolute atomic E-state index is 0.0172. The number of carbonyl (C=O) groups excluding carboxylic acids is 4. The van der Waals surface area contributed by atoms with Crippen LogP contribution in [0.15, 0.2) is 90.2 Å². The molecule has 1 saturated heterocycles. The molecule has 18 N–H and O–H groups in total. The Morgan fingerprint density at radius 1 is 0.897 bits per heavy atom. The van der Waals surface area contributed by atoms with E-state index in [1.807, 2.05) is 0 Å². The molecule has 1 fully saturated rings. The molecule has 0 saturated carbocycles. The summed E-state index contributed by atoms with van der Waals surface area (Å²) in [5.41, 5.74) is 27.6. The second-order valence-electron chi connectivity index (χ2n) is 16.7. The molecule has 0 aliphatic carbocycles. The summed E-state index contributed by atoms with van der Waals surface area (Å²) in [4.78, 5) is 59.7. The molecule has 1 aliphatic heterocycles. The van der Waals surface area contributed by atoms with Crippen LogP contribution in [0, 0.1) is 5.92 Å². The van der Waals surface area contributed by atoms with Gasteiger partial charge in [0.05, 0.1) is 48.0 Å². The summed E-state index contributed by atoms with van der Waals surface area (Å²) in [7, 11) is 0. The molecule has 380 valence electrons. The Morgan fingerprint density at radius 3 is 2.18 bits per heavy atom. The Hall–Kier alpha value is -6.10. The summed E-state index contributed by atoms with van der Waals surface area (Å²) in [5, 5.41) is 37.4. The Kier molecular flexibility index (Phi) is 24.7. The lowest BCUT2D eigenvalue weighted by Crippen LogP contribution is -2.53. The minimum Gasteiger partial charge on any atom is -0.506 e. The average molecular weight is 962 g/mol. The predicted molar refractivity (Wildman–Crippen MR) is 257 cm³/mol. The molecule has 22 heteroatoms. The standard InChI is InChI=1S/C46H74F3N13O6/c1-27(40(64)25-52)42(66)58-29(3)28(2)56-26-41(65)59-35(17-11-21-51)31(5)62-23-13-19-39(62)44(68)61-38(24-33-14-7-8-15-34(33)46(47,48)49)30(4)57-37(16-9-10-20-50)43(67)60-36(32(6)63)18-12-22-55-45(53)54/h7-8,14-15,18,27,29,35,37-40,56-57,63-64H,2,4-6,9-13,16-17,19-26,50-52H2,1,3H3,(H,58,66)(H,59,65)(H,60,67)(H,61,68)(H4,53,54,55)/b36-18-/t27-,29-,35+,37-,38-,39-,40-/m0/s1. The molecular weight excluding hydrogens is 888 g/mol. The first-order chi connectivity index (χ1) is 32.0. The van der Waals surface area contributed by atoms with E-state index < -0.39 is 83.4 Å². The van der Waals surface area contributed by atoms with E-state index in [1.54, 1.807) is 11.8 Å². The molecule has 1 aliphatic rings. The molecule has 1 aromatic carbocycles. The molecule has 0 unspecified atom stereocenters. The van der Waals surface area contributed by atoms with E-state index in [-0.39, 0.29) is 61.8 Å². The first-order valence-corrected chi connectivity index (χ1v) is 22.7. The number of nitrogens with one attached hydrogen (secondary N) is 6. The highest BCUT2D eigenvalue weighted by Crippen LogP contribution is 2.33. The fourth-order valence-corrected chi connectivity index (χ4v) is 7.30. The van der Waals surface area contributed by atoms with Gasteiger partial charge in [-0.25, -0.2) is 0 Å². The van der Waals surface area contributed by atoms with Gasteiger partial charge in [0.1, 0.15) is 17.8 Å². The number of likely N-dealkylation sites (tertiary alicyclic amines) is 1. The number of benzene rings is 1. The molecule has 68 heavy (non-hydrogen) atoms. The summed E-state index contributed by atoms with van der Waals surface area (Å²) < 4.78 is 43.0. The molecule has 1 heterocycles. The second kappa shape index (κ2) is 28.9. The van der Waals surface area contributed by atoms with Crippen LogP contribution in [0.3, 0.4) is 0 Å². The van der Waals surface area contributed by atoms with Gasteiger partial charge in [0.25, 0.3) is 0 Å². The van der Waals surface area contributed by atoms with Crippen molar-refractivity contribution in [1.82, 2.24) is 36.8 Å². The molecule has 19 nitrogen and oxygen atoms in total. The van der Waals surface area contributed by atoms with Crippen LogP contribution in [-0.4, -0.2) is 120 Å². The number of nitrogens with zero attached hydrogens (tertiary/aromatic N) is 2. The fraction of sp³-hybridized carbons (Fsp3) is 0.543. The third-order valence-electron chi connectivity index (χ3n) is 11.4. The zero-order valence-electron chi connectivity index (χ0n) is 39.3. The third kappa shape index (κ3) is 19.2. The fourth-order valence-electron chi connectivity index (χ4n) is 7.30. The predicted octanol–water partition coefficient (Wildman–Crippen LogP) is 0.834. The second-order valence-corrected chi connectivity index (χ2v) is 16.7. The van der Waals surface area contributed by atoms with Crippen molar-refractivity contribution in [3.05, 3.63) is 96.3 Å². The zero-order valence-corrected chi connectivity index (χ0v) is 39.3. The SMILES string of the molecule is C=C(O)/C(=C/CCN=C(N)N)NC(=O)[C@H](CCCCN)NC(=C)[C@H](Cc1ccccc1C(F)(F)F)NC(=O)[C@@H]1CCCN1C(=C)[C@@H](CCCN)NC(=O)CNC(=C)[C@H](C)NC(=O)[C@@H](C)[C@@H](O)CN. The van der Waals surface area contributed by atoms with Gasteiger partial charge in [0.2, 0.25) is 23.6 Å². The summed E-state index contributed by atoms with van der Waals surface area (Å²) >= 11 is 0. The lowest BCUT2D eigenvalue weighted by molar-refractivity contribution is -0.138. The number of aliphatic imine (C=N–C) groups is 1. The maximum Gasteiger partial charge on any atom is 0.416 e. The molecule has 2 rings (SSSR count). The maximum absolute atomic E-state index is 14.4. The van der Waals surface area contributed by atoms with E-state index in [1.165, 1.54) is 31.2 Å². The van der Waals surface area contributed by atoms with Crippen LogP contribution in [0.1, 0.15) is 76.3 Å². The number of guanidine groups is 1. The lowest BCUT2D eigenvalue weighted by atomic mass is 9.97. The summed E-state index contributed by atoms with van der Waals surface area (Å²) in [6.07, 6.45) is -1.52. The summed E-state index contributed by atoms with van der Waals surface area (Å²) in [6, 6.07) is 0.553. The van der Waals surface area contributed by atoms with Crippen molar-refractivity contribution in [2.24, 2.45) is 39.6 Å². The smallest absolute Gasteiger partial charge is 0.416 e. The Bertz CT molecular complexity index is 1960. The Morgan fingerprint density at radius 2 is 1.56 bits per heavy atom. The number of rotatable bonds is 31. The molecule has 0 aromatic heterocycles. The number of alkyl halides is 3. The van der Waals surface area contributed by atoms with E-state index in [4.69, 9.17) is 28.7 Å². The molecule has 4 amide bonds. The monoisotopic (exact) mass is 962 g/mol. The van der Waals surface area contributed by atoms with Crippen LogP contribution >= 0.6 is 0 Å². The minimum atomic E-state index is -4.73. The third-order valence-corrected chi connectivity index (χ3v) is 11.4. The quantitative estimate of drug-likeness (QED) is 0.0161. The van der Waals surface area contributed by atoms with E-state index >= 15 is 0 Å². The number of halogens is 3. The van der Waals surface area contributed by atoms with E-state index in [2.05, 4.69) is 63.2 Å². The molecule has 7 atom stereocenters.